The molecule has 1 aromatic carbocycles. The van der Waals surface area contributed by atoms with Crippen LogP contribution < -0.4 is 11.3 Å². The number of nitrogens with two attached hydrogens (primary N) is 1. The summed E-state index contributed by atoms with van der Waals surface area (Å²) in [5.41, 5.74) is 6.02. The molecule has 0 radical (unpaired) electrons. The molecular formula is C10H13N3O2. The first-order valence-electron chi connectivity index (χ1n) is 4.49. The largest absolute Gasteiger partial charge is 0.412 e. The maximum atomic E-state index is 11.5. The van der Waals surface area contributed by atoms with E-state index in [9.17, 15) is 4.79 Å². The molecule has 0 spiro atoms. The van der Waals surface area contributed by atoms with Gasteiger partial charge in [-0.3, -0.25) is 4.79 Å². The van der Waals surface area contributed by atoms with E-state index in [4.69, 9.17) is 5.73 Å². The van der Waals surface area contributed by atoms with Gasteiger partial charge in [-0.25, -0.2) is 4.98 Å². The normalized spacial score (nSPS) is 9.93. The van der Waals surface area contributed by atoms with Crippen LogP contribution in [0.3, 0.4) is 0 Å². The molecule has 0 saturated heterocycles. The minimum absolute atomic E-state index is 0. The number of rotatable bonds is 2. The predicted molar refractivity (Wildman–Crippen MR) is 58.7 cm³/mol. The number of nitrogens with one attached hydrogen (secondary N) is 1. The summed E-state index contributed by atoms with van der Waals surface area (Å²) >= 11 is 0. The molecule has 0 amide bonds. The fraction of sp³-hybridized carbons (Fsp3) is 0.200. The first-order chi connectivity index (χ1) is 6.81. The zero-order valence-corrected chi connectivity index (χ0v) is 8.16. The van der Waals surface area contributed by atoms with Gasteiger partial charge in [-0.05, 0) is 18.7 Å². The maximum Gasteiger partial charge on any atom is 0.258 e. The lowest BCUT2D eigenvalue weighted by Gasteiger charge is -2.00. The van der Waals surface area contributed by atoms with Gasteiger partial charge in [0.15, 0.2) is 0 Å². The molecule has 5 nitrogen and oxygen atoms in total. The Labute approximate surface area is 86.3 Å². The molecule has 1 aromatic heterocycles. The monoisotopic (exact) mass is 207 g/mol. The van der Waals surface area contributed by atoms with Crippen molar-refractivity contribution in [2.75, 3.05) is 6.54 Å². The van der Waals surface area contributed by atoms with Crippen molar-refractivity contribution in [3.05, 3.63) is 40.4 Å². The lowest BCUT2D eigenvalue weighted by Crippen LogP contribution is -2.14. The summed E-state index contributed by atoms with van der Waals surface area (Å²) in [6.07, 6.45) is 0.597. The van der Waals surface area contributed by atoms with Gasteiger partial charge in [0.1, 0.15) is 5.82 Å². The third kappa shape index (κ3) is 2.20. The average molecular weight is 207 g/mol. The highest BCUT2D eigenvalue weighted by Gasteiger charge is 2.01. The molecule has 0 aliphatic carbocycles. The van der Waals surface area contributed by atoms with Crippen molar-refractivity contribution in [2.45, 2.75) is 6.42 Å². The minimum atomic E-state index is -0.0981. The summed E-state index contributed by atoms with van der Waals surface area (Å²) in [5, 5.41) is 0.619. The molecule has 0 fully saturated rings. The van der Waals surface area contributed by atoms with E-state index in [0.29, 0.717) is 24.2 Å². The van der Waals surface area contributed by atoms with E-state index in [1.165, 1.54) is 0 Å². The van der Waals surface area contributed by atoms with Gasteiger partial charge < -0.3 is 16.2 Å². The number of nitrogens with zero attached hydrogens (tertiary/aromatic N) is 1. The molecule has 5 heteroatoms. The van der Waals surface area contributed by atoms with Gasteiger partial charge in [0.2, 0.25) is 0 Å². The van der Waals surface area contributed by atoms with Crippen molar-refractivity contribution < 1.29 is 5.48 Å². The summed E-state index contributed by atoms with van der Waals surface area (Å²) < 4.78 is 0. The molecule has 0 bridgehead atoms. The standard InChI is InChI=1S/C10H11N3O.H2O/c11-6-5-9-12-8-4-2-1-3-7(8)10(14)13-9;/h1-4H,5-6,11H2,(H,12,13,14);1H2. The van der Waals surface area contributed by atoms with Crippen LogP contribution in [-0.2, 0) is 6.42 Å². The third-order valence-electron chi connectivity index (χ3n) is 2.04. The highest BCUT2D eigenvalue weighted by atomic mass is 16.1. The summed E-state index contributed by atoms with van der Waals surface area (Å²) in [5.74, 6) is 0.649. The molecule has 0 aliphatic rings. The zero-order valence-electron chi connectivity index (χ0n) is 8.16. The molecule has 1 heterocycles. The van der Waals surface area contributed by atoms with Crippen LogP contribution in [0.15, 0.2) is 29.1 Å². The van der Waals surface area contributed by atoms with Crippen LogP contribution in [0, 0.1) is 0 Å². The molecule has 2 aromatic rings. The maximum absolute atomic E-state index is 11.5. The Kier molecular flexibility index (Phi) is 3.54. The molecule has 0 unspecified atom stereocenters. The van der Waals surface area contributed by atoms with Gasteiger partial charge in [-0.15, -0.1) is 0 Å². The van der Waals surface area contributed by atoms with Crippen LogP contribution >= 0.6 is 0 Å². The van der Waals surface area contributed by atoms with E-state index < -0.39 is 0 Å². The van der Waals surface area contributed by atoms with Crippen LogP contribution in [-0.4, -0.2) is 22.0 Å². The second-order valence-electron chi connectivity index (χ2n) is 3.07. The fourth-order valence-corrected chi connectivity index (χ4v) is 1.39. The second-order valence-corrected chi connectivity index (χ2v) is 3.07. The number of fused-ring (bicyclic) bond motifs is 1. The predicted octanol–water partition coefficient (Wildman–Crippen LogP) is -0.400. The summed E-state index contributed by atoms with van der Waals surface area (Å²) in [6.45, 7) is 0.487. The minimum Gasteiger partial charge on any atom is -0.412 e. The Morgan fingerprint density at radius 1 is 1.33 bits per heavy atom. The summed E-state index contributed by atoms with van der Waals surface area (Å²) in [4.78, 5) is 18.5. The highest BCUT2D eigenvalue weighted by Crippen LogP contribution is 2.05. The zero-order chi connectivity index (χ0) is 9.97. The van der Waals surface area contributed by atoms with Gasteiger partial charge >= 0.3 is 0 Å². The third-order valence-corrected chi connectivity index (χ3v) is 2.04. The average Bonchev–Trinajstić information content (AvgIpc) is 2.18. The smallest absolute Gasteiger partial charge is 0.258 e. The van der Waals surface area contributed by atoms with E-state index >= 15 is 0 Å². The number of aromatic nitrogens is 2. The van der Waals surface area contributed by atoms with Gasteiger partial charge in [-0.2, -0.15) is 0 Å². The van der Waals surface area contributed by atoms with Crippen molar-refractivity contribution in [1.29, 1.82) is 0 Å². The Balaban J connectivity index is 0.00000112. The second kappa shape index (κ2) is 4.68. The molecule has 0 aliphatic heterocycles. The van der Waals surface area contributed by atoms with Gasteiger partial charge in [0.05, 0.1) is 10.9 Å². The molecule has 2 rings (SSSR count). The van der Waals surface area contributed by atoms with Crippen molar-refractivity contribution in [3.63, 3.8) is 0 Å². The Morgan fingerprint density at radius 3 is 2.80 bits per heavy atom. The molecule has 80 valence electrons. The Morgan fingerprint density at radius 2 is 2.07 bits per heavy atom. The Hall–Kier alpha value is -1.72. The van der Waals surface area contributed by atoms with E-state index in [1.807, 2.05) is 18.2 Å². The lowest BCUT2D eigenvalue weighted by molar-refractivity contribution is 0.824. The quantitative estimate of drug-likeness (QED) is 0.700. The van der Waals surface area contributed by atoms with Crippen LogP contribution in [0.5, 0.6) is 0 Å². The molecule has 0 atom stereocenters. The van der Waals surface area contributed by atoms with Crippen LogP contribution in [0.25, 0.3) is 10.9 Å². The molecular weight excluding hydrogens is 194 g/mol. The highest BCUT2D eigenvalue weighted by molar-refractivity contribution is 5.77. The number of benzene rings is 1. The fourth-order valence-electron chi connectivity index (χ4n) is 1.39. The topological polar surface area (TPSA) is 103 Å². The van der Waals surface area contributed by atoms with E-state index in [2.05, 4.69) is 9.97 Å². The Bertz CT molecular complexity index is 507. The molecule has 0 saturated carbocycles. The van der Waals surface area contributed by atoms with E-state index in [1.54, 1.807) is 6.07 Å². The molecule has 15 heavy (non-hydrogen) atoms. The van der Waals surface area contributed by atoms with Crippen molar-refractivity contribution in [1.82, 2.24) is 9.97 Å². The van der Waals surface area contributed by atoms with Gasteiger partial charge in [0.25, 0.3) is 5.56 Å². The van der Waals surface area contributed by atoms with Gasteiger partial charge in [-0.1, -0.05) is 12.1 Å². The van der Waals surface area contributed by atoms with Crippen LogP contribution in [0.1, 0.15) is 5.82 Å². The summed E-state index contributed by atoms with van der Waals surface area (Å²) in [7, 11) is 0. The van der Waals surface area contributed by atoms with Crippen LogP contribution in [0.2, 0.25) is 0 Å². The van der Waals surface area contributed by atoms with Crippen LogP contribution in [0.4, 0.5) is 0 Å². The first kappa shape index (κ1) is 11.4. The number of hydrogen-bond donors (Lipinski definition) is 2. The van der Waals surface area contributed by atoms with Crippen molar-refractivity contribution in [3.8, 4) is 0 Å². The van der Waals surface area contributed by atoms with E-state index in [0.717, 1.165) is 5.52 Å². The SMILES string of the molecule is NCCc1nc2ccccc2c(=O)[nH]1.O. The number of aromatic amines is 1. The molecule has 5 N–H and O–H groups in total. The van der Waals surface area contributed by atoms with Crippen molar-refractivity contribution >= 4 is 10.9 Å². The van der Waals surface area contributed by atoms with Crippen molar-refractivity contribution in [2.24, 2.45) is 5.73 Å². The lowest BCUT2D eigenvalue weighted by atomic mass is 10.2. The van der Waals surface area contributed by atoms with E-state index in [-0.39, 0.29) is 11.0 Å². The van der Waals surface area contributed by atoms with Gasteiger partial charge in [0, 0.05) is 6.42 Å². The number of hydrogen-bond acceptors (Lipinski definition) is 3. The summed E-state index contributed by atoms with van der Waals surface area (Å²) in [6, 6.07) is 7.26. The first-order valence-corrected chi connectivity index (χ1v) is 4.49. The number of H-pyrrole nitrogens is 1. The number of para-hydroxylation sites is 1.